The molecular formula is C12H18N2O3. The first-order valence-electron chi connectivity index (χ1n) is 5.65. The minimum absolute atomic E-state index is 0.0937. The van der Waals surface area contributed by atoms with Crippen molar-refractivity contribution < 1.29 is 14.2 Å². The van der Waals surface area contributed by atoms with E-state index >= 15 is 0 Å². The molecule has 1 saturated heterocycles. The van der Waals surface area contributed by atoms with Gasteiger partial charge in [0.15, 0.2) is 0 Å². The van der Waals surface area contributed by atoms with Crippen LogP contribution in [0.1, 0.15) is 0 Å². The third-order valence-corrected chi connectivity index (χ3v) is 2.58. The van der Waals surface area contributed by atoms with Gasteiger partial charge < -0.3 is 25.3 Å². The second kappa shape index (κ2) is 5.75. The van der Waals surface area contributed by atoms with E-state index in [1.165, 1.54) is 0 Å². The lowest BCUT2D eigenvalue weighted by atomic mass is 10.2. The van der Waals surface area contributed by atoms with E-state index in [4.69, 9.17) is 19.9 Å². The van der Waals surface area contributed by atoms with E-state index in [2.05, 4.69) is 5.32 Å². The van der Waals surface area contributed by atoms with E-state index < -0.39 is 0 Å². The molecule has 0 aromatic heterocycles. The summed E-state index contributed by atoms with van der Waals surface area (Å²) in [5.74, 6) is 0.744. The minimum atomic E-state index is 0.0937. The fraction of sp³-hybridized carbons (Fsp3) is 0.500. The second-order valence-electron chi connectivity index (χ2n) is 3.94. The smallest absolute Gasteiger partial charge is 0.122 e. The standard InChI is InChI=1S/C12H18N2O3/c1-15-11-5-9(13)4-10(6-11)14-7-12-8-16-2-3-17-12/h4-6,12,14H,2-3,7-8,13H2,1H3. The SMILES string of the molecule is COc1cc(N)cc(NCC2COCCO2)c1. The lowest BCUT2D eigenvalue weighted by Crippen LogP contribution is -2.34. The molecule has 0 radical (unpaired) electrons. The molecule has 0 saturated carbocycles. The normalized spacial score (nSPS) is 19.9. The number of nitrogens with two attached hydrogens (primary N) is 1. The van der Waals surface area contributed by atoms with Gasteiger partial charge in [-0.05, 0) is 6.07 Å². The number of methoxy groups -OCH3 is 1. The largest absolute Gasteiger partial charge is 0.497 e. The van der Waals surface area contributed by atoms with E-state index in [-0.39, 0.29) is 6.10 Å². The van der Waals surface area contributed by atoms with Gasteiger partial charge in [0, 0.05) is 30.1 Å². The quantitative estimate of drug-likeness (QED) is 0.769. The van der Waals surface area contributed by atoms with Crippen LogP contribution in [-0.2, 0) is 9.47 Å². The summed E-state index contributed by atoms with van der Waals surface area (Å²) in [4.78, 5) is 0. The fourth-order valence-electron chi connectivity index (χ4n) is 1.73. The molecule has 5 heteroatoms. The first kappa shape index (κ1) is 12.0. The first-order valence-corrected chi connectivity index (χ1v) is 5.65. The number of nitrogens with one attached hydrogen (secondary N) is 1. The molecule has 1 aromatic rings. The van der Waals surface area contributed by atoms with Crippen molar-refractivity contribution in [2.45, 2.75) is 6.10 Å². The van der Waals surface area contributed by atoms with Gasteiger partial charge in [-0.25, -0.2) is 0 Å². The molecule has 0 amide bonds. The Hall–Kier alpha value is -1.46. The lowest BCUT2D eigenvalue weighted by molar-refractivity contribution is -0.0818. The maximum absolute atomic E-state index is 5.77. The average molecular weight is 238 g/mol. The summed E-state index contributed by atoms with van der Waals surface area (Å²) in [5, 5.41) is 3.26. The first-order chi connectivity index (χ1) is 8.28. The summed E-state index contributed by atoms with van der Waals surface area (Å²) >= 11 is 0. The number of nitrogen functional groups attached to an aromatic ring is 1. The molecule has 0 bridgehead atoms. The summed E-state index contributed by atoms with van der Waals surface area (Å²) in [6.07, 6.45) is 0.0937. The maximum atomic E-state index is 5.77. The van der Waals surface area contributed by atoms with Crippen LogP contribution in [0.4, 0.5) is 11.4 Å². The van der Waals surface area contributed by atoms with Gasteiger partial charge in [-0.3, -0.25) is 0 Å². The van der Waals surface area contributed by atoms with E-state index in [0.717, 1.165) is 11.4 Å². The van der Waals surface area contributed by atoms with Crippen molar-refractivity contribution in [1.82, 2.24) is 0 Å². The van der Waals surface area contributed by atoms with Crippen LogP contribution in [-0.4, -0.2) is 39.6 Å². The van der Waals surface area contributed by atoms with E-state index in [1.807, 2.05) is 12.1 Å². The van der Waals surface area contributed by atoms with Crippen LogP contribution in [0.2, 0.25) is 0 Å². The van der Waals surface area contributed by atoms with Gasteiger partial charge in [0.25, 0.3) is 0 Å². The van der Waals surface area contributed by atoms with Crippen molar-refractivity contribution in [3.8, 4) is 5.75 Å². The van der Waals surface area contributed by atoms with Crippen molar-refractivity contribution >= 4 is 11.4 Å². The zero-order valence-corrected chi connectivity index (χ0v) is 9.94. The molecule has 1 fully saturated rings. The van der Waals surface area contributed by atoms with Crippen molar-refractivity contribution in [3.05, 3.63) is 18.2 Å². The van der Waals surface area contributed by atoms with Crippen LogP contribution in [0.3, 0.4) is 0 Å². The summed E-state index contributed by atoms with van der Waals surface area (Å²) < 4.78 is 16.0. The molecule has 0 spiro atoms. The number of hydrogen-bond acceptors (Lipinski definition) is 5. The lowest BCUT2D eigenvalue weighted by Gasteiger charge is -2.23. The molecule has 1 aliphatic heterocycles. The van der Waals surface area contributed by atoms with Gasteiger partial charge in [-0.15, -0.1) is 0 Å². The van der Waals surface area contributed by atoms with Crippen molar-refractivity contribution in [1.29, 1.82) is 0 Å². The molecule has 1 aliphatic rings. The Morgan fingerprint density at radius 2 is 2.29 bits per heavy atom. The number of hydrogen-bond donors (Lipinski definition) is 2. The van der Waals surface area contributed by atoms with Gasteiger partial charge in [0.05, 0.1) is 33.0 Å². The molecule has 2 rings (SSSR count). The Balaban J connectivity index is 1.91. The zero-order valence-electron chi connectivity index (χ0n) is 9.94. The highest BCUT2D eigenvalue weighted by Gasteiger charge is 2.13. The Morgan fingerprint density at radius 1 is 1.41 bits per heavy atom. The molecule has 1 atom stereocenters. The average Bonchev–Trinajstić information content (AvgIpc) is 2.37. The van der Waals surface area contributed by atoms with E-state index in [9.17, 15) is 0 Å². The summed E-state index contributed by atoms with van der Waals surface area (Å²) in [7, 11) is 1.62. The van der Waals surface area contributed by atoms with Crippen molar-refractivity contribution in [2.75, 3.05) is 44.5 Å². The number of rotatable bonds is 4. The van der Waals surface area contributed by atoms with Crippen LogP contribution in [0.5, 0.6) is 5.75 Å². The summed E-state index contributed by atoms with van der Waals surface area (Å²) in [6, 6.07) is 5.55. The highest BCUT2D eigenvalue weighted by molar-refractivity contribution is 5.59. The second-order valence-corrected chi connectivity index (χ2v) is 3.94. The van der Waals surface area contributed by atoms with Gasteiger partial charge in [-0.2, -0.15) is 0 Å². The van der Waals surface area contributed by atoms with Crippen molar-refractivity contribution in [3.63, 3.8) is 0 Å². The Bertz CT molecular complexity index is 365. The van der Waals surface area contributed by atoms with Gasteiger partial charge in [0.2, 0.25) is 0 Å². The zero-order chi connectivity index (χ0) is 12.1. The summed E-state index contributed by atoms with van der Waals surface area (Å²) in [5.41, 5.74) is 7.37. The highest BCUT2D eigenvalue weighted by atomic mass is 16.6. The van der Waals surface area contributed by atoms with Crippen LogP contribution in [0.15, 0.2) is 18.2 Å². The predicted molar refractivity (Wildman–Crippen MR) is 66.5 cm³/mol. The van der Waals surface area contributed by atoms with Crippen LogP contribution < -0.4 is 15.8 Å². The van der Waals surface area contributed by atoms with E-state index in [0.29, 0.717) is 32.1 Å². The number of anilines is 2. The Kier molecular flexibility index (Phi) is 4.06. The molecule has 17 heavy (non-hydrogen) atoms. The molecule has 3 N–H and O–H groups in total. The number of ether oxygens (including phenoxy) is 3. The van der Waals surface area contributed by atoms with Crippen molar-refractivity contribution in [2.24, 2.45) is 0 Å². The minimum Gasteiger partial charge on any atom is -0.497 e. The van der Waals surface area contributed by atoms with E-state index in [1.54, 1.807) is 13.2 Å². The Morgan fingerprint density at radius 3 is 3.00 bits per heavy atom. The third-order valence-electron chi connectivity index (χ3n) is 2.58. The van der Waals surface area contributed by atoms with Gasteiger partial charge in [0.1, 0.15) is 5.75 Å². The highest BCUT2D eigenvalue weighted by Crippen LogP contribution is 2.22. The van der Waals surface area contributed by atoms with Crippen LogP contribution in [0.25, 0.3) is 0 Å². The predicted octanol–water partition coefficient (Wildman–Crippen LogP) is 1.10. The monoisotopic (exact) mass is 238 g/mol. The third kappa shape index (κ3) is 3.51. The topological polar surface area (TPSA) is 65.7 Å². The van der Waals surface area contributed by atoms with Gasteiger partial charge in [-0.1, -0.05) is 0 Å². The molecule has 5 nitrogen and oxygen atoms in total. The van der Waals surface area contributed by atoms with Crippen LogP contribution in [0, 0.1) is 0 Å². The fourth-order valence-corrected chi connectivity index (χ4v) is 1.73. The van der Waals surface area contributed by atoms with Crippen LogP contribution >= 0.6 is 0 Å². The maximum Gasteiger partial charge on any atom is 0.122 e. The molecular weight excluding hydrogens is 220 g/mol. The Labute approximate surface area is 101 Å². The molecule has 1 aromatic carbocycles. The molecule has 1 unspecified atom stereocenters. The molecule has 94 valence electrons. The summed E-state index contributed by atoms with van der Waals surface area (Å²) in [6.45, 7) is 2.67. The molecule has 0 aliphatic carbocycles. The molecule has 1 heterocycles. The van der Waals surface area contributed by atoms with Gasteiger partial charge >= 0.3 is 0 Å². The number of benzene rings is 1.